The summed E-state index contributed by atoms with van der Waals surface area (Å²) in [5.41, 5.74) is 0.602. The van der Waals surface area contributed by atoms with Crippen LogP contribution >= 0.6 is 0 Å². The van der Waals surface area contributed by atoms with E-state index in [-0.39, 0.29) is 25.1 Å². The maximum atomic E-state index is 12.8. The second-order valence-electron chi connectivity index (χ2n) is 7.91. The van der Waals surface area contributed by atoms with Crippen molar-refractivity contribution in [2.45, 2.75) is 45.0 Å². The molecule has 0 unspecified atom stereocenters. The molecule has 0 aliphatic carbocycles. The Balaban J connectivity index is 1.89. The van der Waals surface area contributed by atoms with E-state index in [0.29, 0.717) is 11.3 Å². The van der Waals surface area contributed by atoms with E-state index in [4.69, 9.17) is 9.47 Å². The summed E-state index contributed by atoms with van der Waals surface area (Å²) in [7, 11) is 1.60. The summed E-state index contributed by atoms with van der Waals surface area (Å²) in [5, 5.41) is 13.1. The first-order chi connectivity index (χ1) is 13.5. The number of benzene rings is 2. The molecular formula is C22H28F3NO3. The van der Waals surface area contributed by atoms with Crippen LogP contribution in [0.2, 0.25) is 0 Å². The second-order valence-corrected chi connectivity index (χ2v) is 7.91. The monoisotopic (exact) mass is 411 g/mol. The van der Waals surface area contributed by atoms with Gasteiger partial charge in [0, 0.05) is 18.7 Å². The Morgan fingerprint density at radius 1 is 1.07 bits per heavy atom. The molecule has 7 heteroatoms. The molecule has 0 heterocycles. The summed E-state index contributed by atoms with van der Waals surface area (Å²) in [6, 6.07) is 10.6. The van der Waals surface area contributed by atoms with Crippen LogP contribution in [0, 0.1) is 0 Å². The molecule has 0 spiro atoms. The van der Waals surface area contributed by atoms with Crippen LogP contribution in [0.15, 0.2) is 42.5 Å². The van der Waals surface area contributed by atoms with Crippen molar-refractivity contribution in [3.8, 4) is 11.5 Å². The number of nitrogens with one attached hydrogen (secondary N) is 1. The number of rotatable bonds is 8. The topological polar surface area (TPSA) is 50.7 Å². The highest BCUT2D eigenvalue weighted by Gasteiger charge is 2.30. The van der Waals surface area contributed by atoms with Crippen molar-refractivity contribution < 1.29 is 27.8 Å². The number of alkyl halides is 3. The van der Waals surface area contributed by atoms with E-state index < -0.39 is 17.8 Å². The van der Waals surface area contributed by atoms with Crippen LogP contribution in [0.5, 0.6) is 11.5 Å². The number of aliphatic hydroxyl groups is 1. The molecule has 160 valence electrons. The van der Waals surface area contributed by atoms with E-state index in [9.17, 15) is 18.3 Å². The van der Waals surface area contributed by atoms with E-state index >= 15 is 0 Å². The third kappa shape index (κ3) is 6.94. The van der Waals surface area contributed by atoms with Crippen molar-refractivity contribution in [1.82, 2.24) is 5.32 Å². The van der Waals surface area contributed by atoms with E-state index in [0.717, 1.165) is 23.4 Å². The van der Waals surface area contributed by atoms with Gasteiger partial charge in [0.05, 0.1) is 12.7 Å². The predicted molar refractivity (Wildman–Crippen MR) is 106 cm³/mol. The summed E-state index contributed by atoms with van der Waals surface area (Å²) < 4.78 is 49.3. The van der Waals surface area contributed by atoms with Crippen molar-refractivity contribution in [3.63, 3.8) is 0 Å². The SMILES string of the molecule is COc1ccc(OC[C@H](O)CNCc2cccc(C(F)(F)F)c2)c(C(C)(C)C)c1. The molecule has 0 aliphatic rings. The van der Waals surface area contributed by atoms with Gasteiger partial charge >= 0.3 is 6.18 Å². The van der Waals surface area contributed by atoms with Gasteiger partial charge in [0.2, 0.25) is 0 Å². The van der Waals surface area contributed by atoms with Crippen LogP contribution < -0.4 is 14.8 Å². The average Bonchev–Trinajstić information content (AvgIpc) is 2.65. The molecule has 2 aromatic carbocycles. The fourth-order valence-electron chi connectivity index (χ4n) is 2.83. The van der Waals surface area contributed by atoms with Crippen LogP contribution in [-0.2, 0) is 18.1 Å². The highest BCUT2D eigenvalue weighted by Crippen LogP contribution is 2.34. The molecule has 0 saturated carbocycles. The Morgan fingerprint density at radius 2 is 1.79 bits per heavy atom. The third-order valence-electron chi connectivity index (χ3n) is 4.39. The van der Waals surface area contributed by atoms with Crippen LogP contribution in [0.25, 0.3) is 0 Å². The Bertz CT molecular complexity index is 801. The summed E-state index contributed by atoms with van der Waals surface area (Å²) in [6.45, 7) is 6.64. The fraction of sp³-hybridized carbons (Fsp3) is 0.455. The molecule has 29 heavy (non-hydrogen) atoms. The first-order valence-corrected chi connectivity index (χ1v) is 9.37. The highest BCUT2D eigenvalue weighted by atomic mass is 19.4. The lowest BCUT2D eigenvalue weighted by atomic mass is 9.86. The molecule has 0 radical (unpaired) electrons. The fourth-order valence-corrected chi connectivity index (χ4v) is 2.83. The van der Waals surface area contributed by atoms with Gasteiger partial charge in [-0.05, 0) is 35.2 Å². The van der Waals surface area contributed by atoms with Gasteiger partial charge < -0.3 is 19.9 Å². The number of halogens is 3. The zero-order chi connectivity index (χ0) is 21.7. The molecule has 4 nitrogen and oxygen atoms in total. The molecule has 0 fully saturated rings. The molecular weight excluding hydrogens is 383 g/mol. The van der Waals surface area contributed by atoms with Crippen LogP contribution in [-0.4, -0.2) is 31.5 Å². The Hall–Kier alpha value is -2.25. The van der Waals surface area contributed by atoms with E-state index in [2.05, 4.69) is 26.1 Å². The summed E-state index contributed by atoms with van der Waals surface area (Å²) >= 11 is 0. The minimum Gasteiger partial charge on any atom is -0.497 e. The largest absolute Gasteiger partial charge is 0.497 e. The smallest absolute Gasteiger partial charge is 0.416 e. The molecule has 2 N–H and O–H groups in total. The maximum absolute atomic E-state index is 12.8. The zero-order valence-electron chi connectivity index (χ0n) is 17.1. The molecule has 1 atom stereocenters. The highest BCUT2D eigenvalue weighted by molar-refractivity contribution is 5.44. The van der Waals surface area contributed by atoms with Crippen molar-refractivity contribution in [3.05, 3.63) is 59.2 Å². The summed E-state index contributed by atoms with van der Waals surface area (Å²) in [5.74, 6) is 1.39. The molecule has 2 rings (SSSR count). The molecule has 0 saturated heterocycles. The Labute approximate surface area is 169 Å². The minimum absolute atomic E-state index is 0.0605. The standard InChI is InChI=1S/C22H28F3NO3/c1-21(2,3)19-11-18(28-4)8-9-20(19)29-14-17(27)13-26-12-15-6-5-7-16(10-15)22(23,24)25/h5-11,17,26-27H,12-14H2,1-4H3/t17-/m1/s1. The molecule has 2 aromatic rings. The number of ether oxygens (including phenoxy) is 2. The van der Waals surface area contributed by atoms with Crippen LogP contribution in [0.1, 0.15) is 37.5 Å². The molecule has 0 aliphatic heterocycles. The summed E-state index contributed by atoms with van der Waals surface area (Å²) in [4.78, 5) is 0. The van der Waals surface area contributed by atoms with E-state index in [1.807, 2.05) is 12.1 Å². The number of hydrogen-bond acceptors (Lipinski definition) is 4. The van der Waals surface area contributed by atoms with Gasteiger partial charge in [-0.25, -0.2) is 0 Å². The lowest BCUT2D eigenvalue weighted by molar-refractivity contribution is -0.137. The maximum Gasteiger partial charge on any atom is 0.416 e. The second kappa shape index (κ2) is 9.50. The lowest BCUT2D eigenvalue weighted by Gasteiger charge is -2.24. The number of methoxy groups -OCH3 is 1. The van der Waals surface area contributed by atoms with Gasteiger partial charge in [-0.15, -0.1) is 0 Å². The third-order valence-corrected chi connectivity index (χ3v) is 4.39. The first kappa shape index (κ1) is 23.0. The summed E-state index contributed by atoms with van der Waals surface area (Å²) in [6.07, 6.45) is -5.18. The molecule has 0 bridgehead atoms. The van der Waals surface area contributed by atoms with E-state index in [1.54, 1.807) is 19.2 Å². The van der Waals surface area contributed by atoms with Crippen molar-refractivity contribution in [2.75, 3.05) is 20.3 Å². The predicted octanol–water partition coefficient (Wildman–Crippen LogP) is 4.54. The van der Waals surface area contributed by atoms with Gasteiger partial charge in [0.1, 0.15) is 24.2 Å². The van der Waals surface area contributed by atoms with Gasteiger partial charge in [-0.1, -0.05) is 39.0 Å². The average molecular weight is 411 g/mol. The van der Waals surface area contributed by atoms with Crippen molar-refractivity contribution >= 4 is 0 Å². The van der Waals surface area contributed by atoms with Gasteiger partial charge in [-0.3, -0.25) is 0 Å². The van der Waals surface area contributed by atoms with Gasteiger partial charge in [0.15, 0.2) is 0 Å². The Kier molecular flexibility index (Phi) is 7.54. The quantitative estimate of drug-likeness (QED) is 0.670. The van der Waals surface area contributed by atoms with Gasteiger partial charge in [-0.2, -0.15) is 13.2 Å². The molecule has 0 amide bonds. The zero-order valence-corrected chi connectivity index (χ0v) is 17.1. The number of aliphatic hydroxyl groups excluding tert-OH is 1. The van der Waals surface area contributed by atoms with Crippen LogP contribution in [0.4, 0.5) is 13.2 Å². The van der Waals surface area contributed by atoms with E-state index in [1.165, 1.54) is 6.07 Å². The lowest BCUT2D eigenvalue weighted by Crippen LogP contribution is -2.31. The molecule has 0 aromatic heterocycles. The minimum atomic E-state index is -4.37. The van der Waals surface area contributed by atoms with Crippen LogP contribution in [0.3, 0.4) is 0 Å². The Morgan fingerprint density at radius 3 is 2.41 bits per heavy atom. The van der Waals surface area contributed by atoms with Crippen molar-refractivity contribution in [2.24, 2.45) is 0 Å². The number of hydrogen-bond donors (Lipinski definition) is 2. The van der Waals surface area contributed by atoms with Gasteiger partial charge in [0.25, 0.3) is 0 Å². The first-order valence-electron chi connectivity index (χ1n) is 9.37. The van der Waals surface area contributed by atoms with Crippen molar-refractivity contribution in [1.29, 1.82) is 0 Å². The normalized spacial score (nSPS) is 13.2.